The number of phosphoric ester groups is 1. The fraction of sp³-hybridized carbons (Fsp3) is 0.400. The average molecular weight is 362 g/mol. The number of hydrogen-bond donors (Lipinski definition) is 0. The van der Waals surface area contributed by atoms with E-state index in [0.29, 0.717) is 18.1 Å². The zero-order chi connectivity index (χ0) is 18.4. The molecule has 0 aromatic heterocycles. The predicted molar refractivity (Wildman–Crippen MR) is 102 cm³/mol. The van der Waals surface area contributed by atoms with E-state index in [1.54, 1.807) is 12.1 Å². The van der Waals surface area contributed by atoms with E-state index in [-0.39, 0.29) is 0 Å². The zero-order valence-electron chi connectivity index (χ0n) is 15.7. The van der Waals surface area contributed by atoms with Gasteiger partial charge in [0.2, 0.25) is 0 Å². The van der Waals surface area contributed by atoms with Crippen LogP contribution >= 0.6 is 7.82 Å². The van der Waals surface area contributed by atoms with Gasteiger partial charge in [0, 0.05) is 0 Å². The molecule has 0 unspecified atom stereocenters. The summed E-state index contributed by atoms with van der Waals surface area (Å²) in [6.07, 6.45) is 1.73. The quantitative estimate of drug-likeness (QED) is 0.408. The molecule has 136 valence electrons. The molecule has 0 radical (unpaired) electrons. The molecule has 0 aliphatic heterocycles. The lowest BCUT2D eigenvalue weighted by atomic mass is 10.1. The van der Waals surface area contributed by atoms with Crippen LogP contribution in [-0.4, -0.2) is 6.61 Å². The maximum atomic E-state index is 13.2. The third-order valence-electron chi connectivity index (χ3n) is 3.83. The summed E-state index contributed by atoms with van der Waals surface area (Å²) >= 11 is 0. The normalized spacial score (nSPS) is 11.4. The van der Waals surface area contributed by atoms with E-state index < -0.39 is 7.82 Å². The molecular formula is C20H27O4P. The molecule has 0 saturated heterocycles. The molecule has 0 bridgehead atoms. The number of phosphoric acid groups is 1. The number of unbranched alkanes of at least 4 members (excludes halogenated alkanes) is 1. The third kappa shape index (κ3) is 5.62. The van der Waals surface area contributed by atoms with Crippen LogP contribution in [0, 0.1) is 27.7 Å². The van der Waals surface area contributed by atoms with E-state index in [0.717, 1.165) is 35.1 Å². The van der Waals surface area contributed by atoms with Crippen LogP contribution in [0.5, 0.6) is 11.5 Å². The van der Waals surface area contributed by atoms with E-state index in [9.17, 15) is 4.57 Å². The molecule has 0 atom stereocenters. The molecule has 0 saturated carbocycles. The van der Waals surface area contributed by atoms with Gasteiger partial charge in [-0.05, 0) is 57.4 Å². The van der Waals surface area contributed by atoms with E-state index in [4.69, 9.17) is 13.6 Å². The summed E-state index contributed by atoms with van der Waals surface area (Å²) in [4.78, 5) is 0. The van der Waals surface area contributed by atoms with Crippen LogP contribution in [0.15, 0.2) is 36.4 Å². The van der Waals surface area contributed by atoms with Crippen molar-refractivity contribution in [2.75, 3.05) is 6.61 Å². The SMILES string of the molecule is CCCCOP(=O)(Oc1ccc(C)cc1C)Oc1ccc(C)cc1C. The van der Waals surface area contributed by atoms with Crippen LogP contribution < -0.4 is 9.05 Å². The molecule has 0 fully saturated rings. The topological polar surface area (TPSA) is 44.8 Å². The molecule has 0 spiro atoms. The van der Waals surface area contributed by atoms with Crippen LogP contribution in [0.3, 0.4) is 0 Å². The predicted octanol–water partition coefficient (Wildman–Crippen LogP) is 6.30. The second kappa shape index (κ2) is 8.55. The summed E-state index contributed by atoms with van der Waals surface area (Å²) < 4.78 is 30.3. The van der Waals surface area contributed by atoms with Crippen molar-refractivity contribution in [1.82, 2.24) is 0 Å². The minimum absolute atomic E-state index is 0.323. The van der Waals surface area contributed by atoms with Crippen LogP contribution in [0.2, 0.25) is 0 Å². The number of rotatable bonds is 8. The molecule has 0 aliphatic carbocycles. The third-order valence-corrected chi connectivity index (χ3v) is 5.17. The van der Waals surface area contributed by atoms with Gasteiger partial charge in [-0.1, -0.05) is 48.7 Å². The van der Waals surface area contributed by atoms with Crippen LogP contribution in [0.4, 0.5) is 0 Å². The molecule has 5 heteroatoms. The minimum atomic E-state index is -3.78. The summed E-state index contributed by atoms with van der Waals surface area (Å²) in [6, 6.07) is 11.4. The molecule has 0 heterocycles. The molecule has 2 aromatic carbocycles. The maximum Gasteiger partial charge on any atom is 0.587 e. The molecule has 2 rings (SSSR count). The standard InChI is InChI=1S/C20H27O4P/c1-6-7-12-22-25(21,23-19-10-8-15(2)13-17(19)4)24-20-11-9-16(3)14-18(20)5/h8-11,13-14H,6-7,12H2,1-5H3. The van der Waals surface area contributed by atoms with Gasteiger partial charge in [-0.3, -0.25) is 4.52 Å². The molecule has 2 aromatic rings. The molecular weight excluding hydrogens is 335 g/mol. The lowest BCUT2D eigenvalue weighted by molar-refractivity contribution is 0.206. The highest BCUT2D eigenvalue weighted by Gasteiger charge is 2.31. The van der Waals surface area contributed by atoms with Gasteiger partial charge in [-0.25, -0.2) is 4.57 Å². The van der Waals surface area contributed by atoms with E-state index in [1.165, 1.54) is 0 Å². The first-order valence-corrected chi connectivity index (χ1v) is 10.1. The van der Waals surface area contributed by atoms with Gasteiger partial charge >= 0.3 is 7.82 Å². The fourth-order valence-electron chi connectivity index (χ4n) is 2.44. The lowest BCUT2D eigenvalue weighted by Crippen LogP contribution is -2.07. The van der Waals surface area contributed by atoms with Crippen LogP contribution in [-0.2, 0) is 9.09 Å². The Balaban J connectivity index is 2.27. The largest absolute Gasteiger partial charge is 0.587 e. The Morgan fingerprint density at radius 3 is 1.72 bits per heavy atom. The Kier molecular flexibility index (Phi) is 6.69. The average Bonchev–Trinajstić information content (AvgIpc) is 2.53. The summed E-state index contributed by atoms with van der Waals surface area (Å²) in [5, 5.41) is 0. The van der Waals surface area contributed by atoms with Crippen molar-refractivity contribution < 1.29 is 18.1 Å². The molecule has 0 aliphatic rings. The highest BCUT2D eigenvalue weighted by molar-refractivity contribution is 7.49. The molecule has 0 amide bonds. The molecule has 0 N–H and O–H groups in total. The van der Waals surface area contributed by atoms with E-state index >= 15 is 0 Å². The maximum absolute atomic E-state index is 13.2. The summed E-state index contributed by atoms with van der Waals surface area (Å²) in [6.45, 7) is 10.2. The van der Waals surface area contributed by atoms with E-state index in [1.807, 2.05) is 58.9 Å². The van der Waals surface area contributed by atoms with Crippen molar-refractivity contribution in [3.05, 3.63) is 58.7 Å². The monoisotopic (exact) mass is 362 g/mol. The van der Waals surface area contributed by atoms with Gasteiger partial charge in [-0.2, -0.15) is 0 Å². The number of hydrogen-bond acceptors (Lipinski definition) is 4. The molecule has 4 nitrogen and oxygen atoms in total. The first-order valence-electron chi connectivity index (χ1n) is 8.61. The van der Waals surface area contributed by atoms with Crippen molar-refractivity contribution in [3.8, 4) is 11.5 Å². The van der Waals surface area contributed by atoms with Crippen molar-refractivity contribution in [2.45, 2.75) is 47.5 Å². The van der Waals surface area contributed by atoms with Crippen LogP contribution in [0.1, 0.15) is 42.0 Å². The highest BCUT2D eigenvalue weighted by atomic mass is 31.2. The Labute approximate surface area is 150 Å². The van der Waals surface area contributed by atoms with Gasteiger partial charge in [0.15, 0.2) is 0 Å². The first kappa shape index (κ1) is 19.6. The zero-order valence-corrected chi connectivity index (χ0v) is 16.6. The fourth-order valence-corrected chi connectivity index (χ4v) is 3.82. The Hall–Kier alpha value is -1.77. The first-order chi connectivity index (χ1) is 11.8. The van der Waals surface area contributed by atoms with E-state index in [2.05, 4.69) is 0 Å². The van der Waals surface area contributed by atoms with Gasteiger partial charge in [0.05, 0.1) is 6.61 Å². The van der Waals surface area contributed by atoms with Gasteiger partial charge in [0.25, 0.3) is 0 Å². The summed E-state index contributed by atoms with van der Waals surface area (Å²) in [5.74, 6) is 1.02. The second-order valence-electron chi connectivity index (χ2n) is 6.35. The van der Waals surface area contributed by atoms with Gasteiger partial charge < -0.3 is 9.05 Å². The van der Waals surface area contributed by atoms with Crippen molar-refractivity contribution in [3.63, 3.8) is 0 Å². The number of aryl methyl sites for hydroxylation is 4. The van der Waals surface area contributed by atoms with Crippen molar-refractivity contribution >= 4 is 7.82 Å². The Morgan fingerprint density at radius 1 is 0.840 bits per heavy atom. The number of benzene rings is 2. The Bertz CT molecular complexity index is 713. The second-order valence-corrected chi connectivity index (χ2v) is 7.87. The molecule has 25 heavy (non-hydrogen) atoms. The summed E-state index contributed by atoms with van der Waals surface area (Å²) in [7, 11) is -3.78. The smallest absolute Gasteiger partial charge is 0.395 e. The van der Waals surface area contributed by atoms with Crippen molar-refractivity contribution in [1.29, 1.82) is 0 Å². The minimum Gasteiger partial charge on any atom is -0.395 e. The Morgan fingerprint density at radius 2 is 1.32 bits per heavy atom. The van der Waals surface area contributed by atoms with Crippen LogP contribution in [0.25, 0.3) is 0 Å². The van der Waals surface area contributed by atoms with Crippen molar-refractivity contribution in [2.24, 2.45) is 0 Å². The highest BCUT2D eigenvalue weighted by Crippen LogP contribution is 2.51. The van der Waals surface area contributed by atoms with Gasteiger partial charge in [-0.15, -0.1) is 0 Å². The lowest BCUT2D eigenvalue weighted by Gasteiger charge is -2.21. The summed E-state index contributed by atoms with van der Waals surface area (Å²) in [5.41, 5.74) is 4.01. The van der Waals surface area contributed by atoms with Gasteiger partial charge in [0.1, 0.15) is 11.5 Å².